The molecular formula is C17H24N4. The fraction of sp³-hybridized carbons (Fsp3) is 0.471. The summed E-state index contributed by atoms with van der Waals surface area (Å²) in [6.07, 6.45) is 3.09. The van der Waals surface area contributed by atoms with Crippen LogP contribution >= 0.6 is 0 Å². The van der Waals surface area contributed by atoms with E-state index in [9.17, 15) is 0 Å². The topological polar surface area (TPSA) is 45.4 Å². The maximum Gasteiger partial charge on any atom is 0.0951 e. The fourth-order valence-corrected chi connectivity index (χ4v) is 3.12. The van der Waals surface area contributed by atoms with Gasteiger partial charge in [-0.1, -0.05) is 19.1 Å². The van der Waals surface area contributed by atoms with Gasteiger partial charge in [-0.2, -0.15) is 0 Å². The molecule has 1 unspecified atom stereocenters. The standard InChI is InChI=1S/C17H24N4/c1-3-13(2)20-9-11-21(12-10-20)16-7-8-19-17-14(16)5-4-6-15(17)18/h4-8,13H,3,9-12,18H2,1-2H3. The molecule has 0 amide bonds. The first kappa shape index (κ1) is 14.1. The molecule has 1 aromatic carbocycles. The zero-order chi connectivity index (χ0) is 14.8. The minimum absolute atomic E-state index is 0.678. The number of piperazine rings is 1. The molecule has 21 heavy (non-hydrogen) atoms. The van der Waals surface area contributed by atoms with Crippen LogP contribution in [0.3, 0.4) is 0 Å². The second kappa shape index (κ2) is 5.90. The number of nitrogens with two attached hydrogens (primary N) is 1. The molecule has 0 radical (unpaired) electrons. The molecule has 1 atom stereocenters. The number of para-hydroxylation sites is 1. The van der Waals surface area contributed by atoms with E-state index in [1.54, 1.807) is 0 Å². The normalized spacial score (nSPS) is 18.1. The summed E-state index contributed by atoms with van der Waals surface area (Å²) < 4.78 is 0. The largest absolute Gasteiger partial charge is 0.397 e. The second-order valence-electron chi connectivity index (χ2n) is 5.85. The van der Waals surface area contributed by atoms with Crippen LogP contribution in [0.15, 0.2) is 30.5 Å². The Hall–Kier alpha value is -1.81. The van der Waals surface area contributed by atoms with E-state index in [0.717, 1.165) is 42.8 Å². The van der Waals surface area contributed by atoms with Crippen LogP contribution in [0.2, 0.25) is 0 Å². The summed E-state index contributed by atoms with van der Waals surface area (Å²) in [6.45, 7) is 8.97. The third-order valence-electron chi connectivity index (χ3n) is 4.65. The lowest BCUT2D eigenvalue weighted by atomic mass is 10.1. The molecule has 0 aliphatic carbocycles. The number of nitrogens with zero attached hydrogens (tertiary/aromatic N) is 3. The molecule has 2 aromatic rings. The van der Waals surface area contributed by atoms with Crippen LogP contribution in [0.25, 0.3) is 10.9 Å². The number of nitrogen functional groups attached to an aromatic ring is 1. The molecule has 112 valence electrons. The first-order valence-electron chi connectivity index (χ1n) is 7.83. The summed E-state index contributed by atoms with van der Waals surface area (Å²) >= 11 is 0. The van der Waals surface area contributed by atoms with Gasteiger partial charge in [-0.15, -0.1) is 0 Å². The summed E-state index contributed by atoms with van der Waals surface area (Å²) in [7, 11) is 0. The zero-order valence-electron chi connectivity index (χ0n) is 12.9. The van der Waals surface area contributed by atoms with E-state index in [-0.39, 0.29) is 0 Å². The van der Waals surface area contributed by atoms with E-state index in [4.69, 9.17) is 5.73 Å². The van der Waals surface area contributed by atoms with Crippen LogP contribution < -0.4 is 10.6 Å². The lowest BCUT2D eigenvalue weighted by Crippen LogP contribution is -2.49. The average molecular weight is 284 g/mol. The summed E-state index contributed by atoms with van der Waals surface area (Å²) in [5.41, 5.74) is 8.98. The Morgan fingerprint density at radius 3 is 2.67 bits per heavy atom. The van der Waals surface area contributed by atoms with Gasteiger partial charge >= 0.3 is 0 Å². The first-order chi connectivity index (χ1) is 10.2. The Balaban J connectivity index is 1.84. The van der Waals surface area contributed by atoms with Crippen molar-refractivity contribution >= 4 is 22.3 Å². The van der Waals surface area contributed by atoms with Crippen molar-refractivity contribution < 1.29 is 0 Å². The van der Waals surface area contributed by atoms with Crippen molar-refractivity contribution in [3.8, 4) is 0 Å². The molecule has 2 heterocycles. The number of hydrogen-bond acceptors (Lipinski definition) is 4. The Morgan fingerprint density at radius 2 is 1.95 bits per heavy atom. The lowest BCUT2D eigenvalue weighted by Gasteiger charge is -2.39. The van der Waals surface area contributed by atoms with Gasteiger partial charge in [0.1, 0.15) is 0 Å². The molecular weight excluding hydrogens is 260 g/mol. The van der Waals surface area contributed by atoms with E-state index in [2.05, 4.69) is 40.8 Å². The van der Waals surface area contributed by atoms with E-state index in [1.807, 2.05) is 18.3 Å². The highest BCUT2D eigenvalue weighted by Crippen LogP contribution is 2.29. The molecule has 1 aromatic heterocycles. The molecule has 2 N–H and O–H groups in total. The van der Waals surface area contributed by atoms with Crippen LogP contribution in [-0.4, -0.2) is 42.1 Å². The molecule has 1 aliphatic heterocycles. The highest BCUT2D eigenvalue weighted by Gasteiger charge is 2.21. The molecule has 1 aliphatic rings. The van der Waals surface area contributed by atoms with Gasteiger partial charge in [0.15, 0.2) is 0 Å². The van der Waals surface area contributed by atoms with Gasteiger partial charge < -0.3 is 10.6 Å². The van der Waals surface area contributed by atoms with Gasteiger partial charge in [0.25, 0.3) is 0 Å². The maximum absolute atomic E-state index is 6.05. The van der Waals surface area contributed by atoms with E-state index >= 15 is 0 Å². The zero-order valence-corrected chi connectivity index (χ0v) is 12.9. The SMILES string of the molecule is CCC(C)N1CCN(c2ccnc3c(N)cccc23)CC1. The van der Waals surface area contributed by atoms with Gasteiger partial charge in [-0.3, -0.25) is 9.88 Å². The van der Waals surface area contributed by atoms with Crippen LogP contribution in [-0.2, 0) is 0 Å². The van der Waals surface area contributed by atoms with Crippen molar-refractivity contribution in [1.29, 1.82) is 0 Å². The monoisotopic (exact) mass is 284 g/mol. The molecule has 0 saturated carbocycles. The minimum Gasteiger partial charge on any atom is -0.397 e. The van der Waals surface area contributed by atoms with Crippen molar-refractivity contribution in [3.05, 3.63) is 30.5 Å². The molecule has 0 spiro atoms. The predicted molar refractivity (Wildman–Crippen MR) is 89.7 cm³/mol. The molecule has 0 bridgehead atoms. The summed E-state index contributed by atoms with van der Waals surface area (Å²) in [4.78, 5) is 9.47. The molecule has 1 saturated heterocycles. The van der Waals surface area contributed by atoms with Gasteiger partial charge in [-0.05, 0) is 25.5 Å². The highest BCUT2D eigenvalue weighted by atomic mass is 15.3. The van der Waals surface area contributed by atoms with Crippen molar-refractivity contribution in [1.82, 2.24) is 9.88 Å². The Kier molecular flexibility index (Phi) is 3.97. The average Bonchev–Trinajstić information content (AvgIpc) is 2.54. The number of aromatic nitrogens is 1. The smallest absolute Gasteiger partial charge is 0.0951 e. The van der Waals surface area contributed by atoms with Crippen molar-refractivity contribution in [2.75, 3.05) is 36.8 Å². The van der Waals surface area contributed by atoms with Crippen molar-refractivity contribution in [2.24, 2.45) is 0 Å². The molecule has 4 heteroatoms. The number of fused-ring (bicyclic) bond motifs is 1. The van der Waals surface area contributed by atoms with Gasteiger partial charge in [0.05, 0.1) is 11.2 Å². The number of hydrogen-bond donors (Lipinski definition) is 1. The van der Waals surface area contributed by atoms with Crippen LogP contribution in [0, 0.1) is 0 Å². The van der Waals surface area contributed by atoms with Crippen LogP contribution in [0.1, 0.15) is 20.3 Å². The van der Waals surface area contributed by atoms with Crippen LogP contribution in [0.4, 0.5) is 11.4 Å². The fourth-order valence-electron chi connectivity index (χ4n) is 3.12. The summed E-state index contributed by atoms with van der Waals surface area (Å²) in [5, 5.41) is 1.16. The highest BCUT2D eigenvalue weighted by molar-refractivity contribution is 5.98. The van der Waals surface area contributed by atoms with Crippen molar-refractivity contribution in [2.45, 2.75) is 26.3 Å². The molecule has 4 nitrogen and oxygen atoms in total. The molecule has 1 fully saturated rings. The van der Waals surface area contributed by atoms with E-state index < -0.39 is 0 Å². The third-order valence-corrected chi connectivity index (χ3v) is 4.65. The number of pyridine rings is 1. The maximum atomic E-state index is 6.05. The van der Waals surface area contributed by atoms with Gasteiger partial charge in [-0.25, -0.2) is 0 Å². The van der Waals surface area contributed by atoms with Crippen molar-refractivity contribution in [3.63, 3.8) is 0 Å². The first-order valence-corrected chi connectivity index (χ1v) is 7.83. The van der Waals surface area contributed by atoms with Crippen LogP contribution in [0.5, 0.6) is 0 Å². The van der Waals surface area contributed by atoms with E-state index in [0.29, 0.717) is 6.04 Å². The molecule has 3 rings (SSSR count). The van der Waals surface area contributed by atoms with E-state index in [1.165, 1.54) is 12.1 Å². The second-order valence-corrected chi connectivity index (χ2v) is 5.85. The number of anilines is 2. The van der Waals surface area contributed by atoms with Gasteiger partial charge in [0.2, 0.25) is 0 Å². The quantitative estimate of drug-likeness (QED) is 0.880. The summed E-state index contributed by atoms with van der Waals surface area (Å²) in [6, 6.07) is 8.84. The minimum atomic E-state index is 0.678. The number of rotatable bonds is 3. The Morgan fingerprint density at radius 1 is 1.19 bits per heavy atom. The Bertz CT molecular complexity index is 617. The number of benzene rings is 1. The lowest BCUT2D eigenvalue weighted by molar-refractivity contribution is 0.193. The summed E-state index contributed by atoms with van der Waals surface area (Å²) in [5.74, 6) is 0. The Labute approximate surface area is 126 Å². The third kappa shape index (κ3) is 2.68. The predicted octanol–water partition coefficient (Wildman–Crippen LogP) is 2.74. The van der Waals surface area contributed by atoms with Gasteiger partial charge in [0, 0.05) is 49.5 Å².